The van der Waals surface area contributed by atoms with Crippen LogP contribution in [0, 0.1) is 0 Å². The molecule has 1 aliphatic rings. The van der Waals surface area contributed by atoms with Gasteiger partial charge < -0.3 is 14.5 Å². The second kappa shape index (κ2) is 17.6. The second-order valence-electron chi connectivity index (χ2n) is 19.3. The molecule has 0 bridgehead atoms. The zero-order valence-corrected chi connectivity index (χ0v) is 41.4. The van der Waals surface area contributed by atoms with Crippen molar-refractivity contribution in [2.24, 2.45) is 9.98 Å². The van der Waals surface area contributed by atoms with Gasteiger partial charge in [0.2, 0.25) is 0 Å². The van der Waals surface area contributed by atoms with Gasteiger partial charge in [-0.1, -0.05) is 200 Å². The number of nitrogens with zero attached hydrogens (tertiary/aromatic N) is 4. The number of aromatic nitrogens is 2. The molecule has 1 unspecified atom stereocenters. The van der Waals surface area contributed by atoms with Crippen molar-refractivity contribution in [1.29, 1.82) is 0 Å². The van der Waals surface area contributed by atoms with E-state index in [1.54, 1.807) is 0 Å². The lowest BCUT2D eigenvalue weighted by Gasteiger charge is -2.26. The highest BCUT2D eigenvalue weighted by Gasteiger charge is 2.27. The average Bonchev–Trinajstić information content (AvgIpc) is 4.20. The summed E-state index contributed by atoms with van der Waals surface area (Å²) in [5, 5.41) is 11.2. The summed E-state index contributed by atoms with van der Waals surface area (Å²) in [6.07, 6.45) is -0.472. The molecule has 4 heterocycles. The highest BCUT2D eigenvalue weighted by Crippen LogP contribution is 2.45. The van der Waals surface area contributed by atoms with E-state index in [1.807, 2.05) is 11.3 Å². The van der Waals surface area contributed by atoms with E-state index >= 15 is 0 Å². The molecule has 0 saturated carbocycles. The second-order valence-corrected chi connectivity index (χ2v) is 20.4. The van der Waals surface area contributed by atoms with Gasteiger partial charge in [-0.3, -0.25) is 0 Å². The summed E-state index contributed by atoms with van der Waals surface area (Å²) in [6.45, 7) is 0. The van der Waals surface area contributed by atoms with Crippen LogP contribution in [0.5, 0.6) is 0 Å². The first-order valence-corrected chi connectivity index (χ1v) is 26.3. The molecular weight excluding hydrogens is 931 g/mol. The number of thiophene rings is 1. The molecule has 3 aromatic heterocycles. The van der Waals surface area contributed by atoms with E-state index in [0.717, 1.165) is 56.1 Å². The molecule has 0 spiro atoms. The van der Waals surface area contributed by atoms with Gasteiger partial charge in [0.15, 0.2) is 5.84 Å². The fourth-order valence-corrected chi connectivity index (χ4v) is 12.8. The van der Waals surface area contributed by atoms with E-state index in [4.69, 9.17) is 9.98 Å². The van der Waals surface area contributed by atoms with Crippen molar-refractivity contribution in [3.63, 3.8) is 0 Å². The smallest absolute Gasteiger partial charge is 0.159 e. The van der Waals surface area contributed by atoms with Crippen molar-refractivity contribution in [3.05, 3.63) is 278 Å². The zero-order valence-electron chi connectivity index (χ0n) is 40.6. The third kappa shape index (κ3) is 7.14. The topological polar surface area (TPSA) is 46.6 Å². The summed E-state index contributed by atoms with van der Waals surface area (Å²) in [5.41, 5.74) is 16.8. The van der Waals surface area contributed by atoms with Crippen LogP contribution in [0.3, 0.4) is 0 Å². The van der Waals surface area contributed by atoms with Gasteiger partial charge in [-0.2, -0.15) is 0 Å². The summed E-state index contributed by atoms with van der Waals surface area (Å²) < 4.78 is 7.38. The van der Waals surface area contributed by atoms with Crippen molar-refractivity contribution in [3.8, 4) is 44.8 Å². The molecule has 0 aliphatic carbocycles. The van der Waals surface area contributed by atoms with E-state index in [-0.39, 0.29) is 0 Å². The van der Waals surface area contributed by atoms with Gasteiger partial charge in [-0.05, 0) is 94.0 Å². The minimum absolute atomic E-state index is 0.472. The monoisotopic (exact) mass is 975 g/mol. The van der Waals surface area contributed by atoms with E-state index in [9.17, 15) is 0 Å². The Labute approximate surface area is 437 Å². The highest BCUT2D eigenvalue weighted by atomic mass is 32.1. The van der Waals surface area contributed by atoms with Crippen molar-refractivity contribution in [2.45, 2.75) is 6.17 Å². The summed E-state index contributed by atoms with van der Waals surface area (Å²) in [7, 11) is 0. The van der Waals surface area contributed by atoms with Crippen LogP contribution in [0.1, 0.15) is 22.9 Å². The Kier molecular flexibility index (Phi) is 10.1. The number of nitrogens with one attached hydrogen (secondary N) is 1. The maximum Gasteiger partial charge on any atom is 0.159 e. The number of rotatable bonds is 8. The summed E-state index contributed by atoms with van der Waals surface area (Å²) in [5.74, 6) is 1.47. The first kappa shape index (κ1) is 43.0. The van der Waals surface area contributed by atoms with Gasteiger partial charge in [0.05, 0.1) is 27.8 Å². The molecule has 5 nitrogen and oxygen atoms in total. The molecule has 0 radical (unpaired) electrons. The van der Waals surface area contributed by atoms with Crippen LogP contribution in [0.15, 0.2) is 271 Å². The Balaban J connectivity index is 0.918. The number of fused-ring (bicyclic) bond motifs is 9. The van der Waals surface area contributed by atoms with Gasteiger partial charge in [0.25, 0.3) is 0 Å². The molecule has 14 aromatic rings. The Hall–Kier alpha value is -9.62. The summed E-state index contributed by atoms with van der Waals surface area (Å²) in [6, 6.07) is 94.2. The summed E-state index contributed by atoms with van der Waals surface area (Å²) >= 11 is 1.82. The van der Waals surface area contributed by atoms with Crippen molar-refractivity contribution in [1.82, 2.24) is 14.5 Å². The lowest BCUT2D eigenvalue weighted by molar-refractivity contribution is 0.671. The molecule has 352 valence electrons. The molecule has 0 amide bonds. The highest BCUT2D eigenvalue weighted by molar-refractivity contribution is 7.25. The van der Waals surface area contributed by atoms with Crippen molar-refractivity contribution >= 4 is 86.8 Å². The van der Waals surface area contributed by atoms with Crippen LogP contribution in [-0.2, 0) is 0 Å². The fourth-order valence-electron chi connectivity index (χ4n) is 11.6. The van der Waals surface area contributed by atoms with Crippen LogP contribution in [0.25, 0.3) is 109 Å². The predicted molar refractivity (Wildman–Crippen MR) is 316 cm³/mol. The fraction of sp³-hybridized carbons (Fsp3) is 0.0145. The van der Waals surface area contributed by atoms with E-state index in [0.29, 0.717) is 5.84 Å². The standard InChI is InChI=1S/C69H45N5S/c1-4-19-44(20-5-1)46-23-16-24-48(41-46)67-70-68(49-38-39-52-51-27-12-15-36-63(51)75-64(52)43-49)72-69(71-67)57-29-11-14-33-59(57)74-58-32-13-10-28-55(58)65-53(31-18-35-61(65)74)54-30-17-34-60-66(54)56-40-37-47(45-21-6-2-7-22-45)42-62(56)73(60)50-25-8-3-9-26-50/h1-43,69H,(H,70,71,72). The largest absolute Gasteiger partial charge is 0.344 e. The average molecular weight is 976 g/mol. The minimum atomic E-state index is -0.472. The van der Waals surface area contributed by atoms with Crippen molar-refractivity contribution < 1.29 is 0 Å². The molecule has 75 heavy (non-hydrogen) atoms. The zero-order chi connectivity index (χ0) is 49.4. The van der Waals surface area contributed by atoms with Crippen LogP contribution in [0.2, 0.25) is 0 Å². The predicted octanol–water partition coefficient (Wildman–Crippen LogP) is 17.7. The molecular formula is C69H45N5S. The lowest BCUT2D eigenvalue weighted by Crippen LogP contribution is -2.34. The Morgan fingerprint density at radius 1 is 0.360 bits per heavy atom. The van der Waals surface area contributed by atoms with Crippen LogP contribution in [-0.4, -0.2) is 20.8 Å². The number of amidine groups is 2. The molecule has 6 heteroatoms. The minimum Gasteiger partial charge on any atom is -0.344 e. The van der Waals surface area contributed by atoms with Crippen molar-refractivity contribution in [2.75, 3.05) is 0 Å². The summed E-state index contributed by atoms with van der Waals surface area (Å²) in [4.78, 5) is 10.9. The number of aliphatic imine (C=N–C) groups is 2. The van der Waals surface area contributed by atoms with E-state index < -0.39 is 6.17 Å². The Bertz CT molecular complexity index is 4620. The Morgan fingerprint density at radius 3 is 1.68 bits per heavy atom. The third-order valence-corrected chi connectivity index (χ3v) is 16.1. The number of benzene rings is 11. The first-order chi connectivity index (χ1) is 37.2. The maximum atomic E-state index is 5.55. The molecule has 1 aliphatic heterocycles. The van der Waals surface area contributed by atoms with Gasteiger partial charge in [-0.25, -0.2) is 9.98 Å². The lowest BCUT2D eigenvalue weighted by atomic mass is 9.95. The molecule has 0 fully saturated rings. The molecule has 1 atom stereocenters. The van der Waals surface area contributed by atoms with Crippen LogP contribution >= 0.6 is 11.3 Å². The molecule has 0 saturated heterocycles. The van der Waals surface area contributed by atoms with Gasteiger partial charge >= 0.3 is 0 Å². The third-order valence-electron chi connectivity index (χ3n) is 15.0. The number of hydrogen-bond donors (Lipinski definition) is 1. The first-order valence-electron chi connectivity index (χ1n) is 25.5. The normalized spacial score (nSPS) is 13.7. The van der Waals surface area contributed by atoms with E-state index in [2.05, 4.69) is 275 Å². The molecule has 15 rings (SSSR count). The van der Waals surface area contributed by atoms with E-state index in [1.165, 1.54) is 75.0 Å². The van der Waals surface area contributed by atoms with Gasteiger partial charge in [0.1, 0.15) is 12.0 Å². The maximum absolute atomic E-state index is 5.55. The molecule has 1 N–H and O–H groups in total. The SMILES string of the molecule is c1ccc(-c2cccc(C3=NC(c4ccccc4-n4c5ccccc5c5c(-c6cccc7c6c6ccc(-c8ccccc8)cc6n7-c6ccccc6)cccc54)NC(c4ccc5c(c4)sc4ccccc45)=N3)c2)cc1. The molecule has 11 aromatic carbocycles. The van der Waals surface area contributed by atoms with Crippen LogP contribution < -0.4 is 5.32 Å². The van der Waals surface area contributed by atoms with Gasteiger partial charge in [-0.15, -0.1) is 11.3 Å². The van der Waals surface area contributed by atoms with Gasteiger partial charge in [0, 0.05) is 64.1 Å². The number of hydrogen-bond acceptors (Lipinski definition) is 4. The quantitative estimate of drug-likeness (QED) is 0.162. The number of para-hydroxylation sites is 3. The van der Waals surface area contributed by atoms with Crippen LogP contribution in [0.4, 0.5) is 0 Å². The Morgan fingerprint density at radius 2 is 0.907 bits per heavy atom.